The maximum atomic E-state index is 11.7. The average molecular weight is 326 g/mol. The van der Waals surface area contributed by atoms with Crippen LogP contribution in [0, 0.1) is 0 Å². The van der Waals surface area contributed by atoms with Crippen molar-refractivity contribution in [1.82, 2.24) is 5.32 Å². The molecule has 0 saturated heterocycles. The Bertz CT molecular complexity index is 791. The van der Waals surface area contributed by atoms with E-state index >= 15 is 0 Å². The summed E-state index contributed by atoms with van der Waals surface area (Å²) in [7, 11) is 0. The number of hydrogen-bond acceptors (Lipinski definition) is 5. The Hall–Kier alpha value is -2.73. The number of ether oxygens (including phenoxy) is 3. The van der Waals surface area contributed by atoms with E-state index < -0.39 is 6.10 Å². The van der Waals surface area contributed by atoms with E-state index in [1.807, 2.05) is 36.4 Å². The van der Waals surface area contributed by atoms with Crippen molar-refractivity contribution in [3.8, 4) is 17.2 Å². The highest BCUT2D eigenvalue weighted by Gasteiger charge is 2.23. The summed E-state index contributed by atoms with van der Waals surface area (Å²) in [5.41, 5.74) is 2.93. The van der Waals surface area contributed by atoms with Crippen LogP contribution in [0.4, 0.5) is 5.69 Å². The summed E-state index contributed by atoms with van der Waals surface area (Å²) in [6, 6.07) is 11.7. The minimum absolute atomic E-state index is 0.118. The Morgan fingerprint density at radius 2 is 1.75 bits per heavy atom. The van der Waals surface area contributed by atoms with Gasteiger partial charge in [0.05, 0.1) is 5.69 Å². The largest absolute Gasteiger partial charge is 0.479 e. The summed E-state index contributed by atoms with van der Waals surface area (Å²) in [6.07, 6.45) is -0.451. The molecule has 4 rings (SSSR count). The van der Waals surface area contributed by atoms with Crippen molar-refractivity contribution in [2.24, 2.45) is 0 Å². The molecule has 0 aromatic heterocycles. The normalized spacial score (nSPS) is 17.9. The maximum absolute atomic E-state index is 11.7. The number of anilines is 1. The van der Waals surface area contributed by atoms with E-state index in [2.05, 4.69) is 10.6 Å². The third-order valence-electron chi connectivity index (χ3n) is 4.07. The molecule has 0 fully saturated rings. The number of nitrogens with one attached hydrogen (secondary N) is 2. The molecule has 0 spiro atoms. The molecule has 2 aliphatic rings. The number of rotatable bonds is 4. The molecular weight excluding hydrogens is 308 g/mol. The van der Waals surface area contributed by atoms with Gasteiger partial charge in [-0.2, -0.15) is 0 Å². The second kappa shape index (κ2) is 6.05. The molecule has 2 aliphatic heterocycles. The molecule has 124 valence electrons. The van der Waals surface area contributed by atoms with E-state index in [-0.39, 0.29) is 12.7 Å². The Morgan fingerprint density at radius 3 is 2.58 bits per heavy atom. The van der Waals surface area contributed by atoms with Crippen molar-refractivity contribution >= 4 is 11.6 Å². The molecule has 0 radical (unpaired) electrons. The van der Waals surface area contributed by atoms with Gasteiger partial charge < -0.3 is 24.8 Å². The van der Waals surface area contributed by atoms with Gasteiger partial charge in [-0.15, -0.1) is 0 Å². The van der Waals surface area contributed by atoms with Crippen LogP contribution in [0.2, 0.25) is 0 Å². The molecule has 0 aliphatic carbocycles. The van der Waals surface area contributed by atoms with Gasteiger partial charge in [-0.05, 0) is 42.3 Å². The van der Waals surface area contributed by atoms with E-state index in [0.717, 1.165) is 28.3 Å². The molecule has 1 unspecified atom stereocenters. The summed E-state index contributed by atoms with van der Waals surface area (Å²) in [4.78, 5) is 11.7. The van der Waals surface area contributed by atoms with Crippen molar-refractivity contribution in [3.05, 3.63) is 47.5 Å². The molecule has 1 atom stereocenters. The monoisotopic (exact) mass is 326 g/mol. The lowest BCUT2D eigenvalue weighted by Crippen LogP contribution is -2.34. The summed E-state index contributed by atoms with van der Waals surface area (Å²) < 4.78 is 16.2. The summed E-state index contributed by atoms with van der Waals surface area (Å²) >= 11 is 0. The van der Waals surface area contributed by atoms with Crippen LogP contribution in [0.15, 0.2) is 36.4 Å². The fraction of sp³-hybridized carbons (Fsp3) is 0.278. The van der Waals surface area contributed by atoms with E-state index in [9.17, 15) is 4.79 Å². The van der Waals surface area contributed by atoms with Crippen LogP contribution in [0.25, 0.3) is 0 Å². The van der Waals surface area contributed by atoms with Crippen molar-refractivity contribution in [3.63, 3.8) is 0 Å². The number of carbonyl (C=O) groups is 1. The fourth-order valence-corrected chi connectivity index (χ4v) is 2.77. The molecule has 0 bridgehead atoms. The molecule has 6 heteroatoms. The average Bonchev–Trinajstić information content (AvgIpc) is 3.04. The molecule has 2 aromatic rings. The molecule has 2 heterocycles. The van der Waals surface area contributed by atoms with E-state index in [0.29, 0.717) is 18.8 Å². The van der Waals surface area contributed by atoms with Crippen LogP contribution < -0.4 is 24.8 Å². The Balaban J connectivity index is 1.38. The number of hydrogen-bond donors (Lipinski definition) is 2. The maximum Gasteiger partial charge on any atom is 0.265 e. The summed E-state index contributed by atoms with van der Waals surface area (Å²) in [6.45, 7) is 3.42. The molecule has 24 heavy (non-hydrogen) atoms. The first-order valence-corrected chi connectivity index (χ1v) is 7.89. The summed E-state index contributed by atoms with van der Waals surface area (Å²) in [5.74, 6) is 2.17. The van der Waals surface area contributed by atoms with E-state index in [4.69, 9.17) is 14.2 Å². The zero-order valence-electron chi connectivity index (χ0n) is 13.3. The van der Waals surface area contributed by atoms with Crippen LogP contribution in [-0.2, 0) is 17.9 Å². The van der Waals surface area contributed by atoms with Gasteiger partial charge in [-0.3, -0.25) is 4.79 Å². The third-order valence-corrected chi connectivity index (χ3v) is 4.07. The van der Waals surface area contributed by atoms with Crippen LogP contribution >= 0.6 is 0 Å². The first-order chi connectivity index (χ1) is 11.7. The van der Waals surface area contributed by atoms with Crippen molar-refractivity contribution in [2.45, 2.75) is 26.1 Å². The second-order valence-corrected chi connectivity index (χ2v) is 5.87. The highest BCUT2D eigenvalue weighted by molar-refractivity contribution is 5.97. The van der Waals surface area contributed by atoms with Gasteiger partial charge in [0.25, 0.3) is 5.91 Å². The Morgan fingerprint density at radius 1 is 1.04 bits per heavy atom. The van der Waals surface area contributed by atoms with E-state index in [1.165, 1.54) is 0 Å². The molecule has 1 amide bonds. The van der Waals surface area contributed by atoms with Gasteiger partial charge in [0.2, 0.25) is 6.79 Å². The predicted molar refractivity (Wildman–Crippen MR) is 88.3 cm³/mol. The number of amides is 1. The van der Waals surface area contributed by atoms with Crippen molar-refractivity contribution < 1.29 is 19.0 Å². The first-order valence-electron chi connectivity index (χ1n) is 7.89. The minimum atomic E-state index is -0.451. The number of benzene rings is 2. The lowest BCUT2D eigenvalue weighted by atomic mass is 10.1. The van der Waals surface area contributed by atoms with Crippen LogP contribution in [0.5, 0.6) is 17.2 Å². The Labute approximate surface area is 139 Å². The highest BCUT2D eigenvalue weighted by atomic mass is 16.7. The van der Waals surface area contributed by atoms with E-state index in [1.54, 1.807) is 6.92 Å². The van der Waals surface area contributed by atoms with Crippen LogP contribution in [-0.4, -0.2) is 18.8 Å². The summed E-state index contributed by atoms with van der Waals surface area (Å²) in [5, 5.41) is 6.25. The van der Waals surface area contributed by atoms with Gasteiger partial charge in [0.1, 0.15) is 5.75 Å². The standard InChI is InChI=1S/C18H18N2O4/c1-11-18(21)20-14-6-12(2-4-15(14)24-11)8-19-9-13-3-5-16-17(7-13)23-10-22-16/h2-7,11,19H,8-10H2,1H3,(H,20,21). The molecular formula is C18H18N2O4. The fourth-order valence-electron chi connectivity index (χ4n) is 2.77. The number of carbonyl (C=O) groups excluding carboxylic acids is 1. The highest BCUT2D eigenvalue weighted by Crippen LogP contribution is 2.33. The predicted octanol–water partition coefficient (Wildman–Crippen LogP) is 2.42. The van der Waals surface area contributed by atoms with Gasteiger partial charge in [0.15, 0.2) is 17.6 Å². The minimum Gasteiger partial charge on any atom is -0.479 e. The zero-order valence-corrected chi connectivity index (χ0v) is 13.3. The van der Waals surface area contributed by atoms with Crippen LogP contribution in [0.3, 0.4) is 0 Å². The molecule has 6 nitrogen and oxygen atoms in total. The quantitative estimate of drug-likeness (QED) is 0.903. The molecule has 2 aromatic carbocycles. The van der Waals surface area contributed by atoms with Crippen molar-refractivity contribution in [1.29, 1.82) is 0 Å². The van der Waals surface area contributed by atoms with Gasteiger partial charge in [-0.1, -0.05) is 12.1 Å². The van der Waals surface area contributed by atoms with Gasteiger partial charge in [0, 0.05) is 13.1 Å². The molecule has 0 saturated carbocycles. The van der Waals surface area contributed by atoms with Crippen molar-refractivity contribution in [2.75, 3.05) is 12.1 Å². The molecule has 2 N–H and O–H groups in total. The SMILES string of the molecule is CC1Oc2ccc(CNCc3ccc4c(c3)OCO4)cc2NC1=O. The lowest BCUT2D eigenvalue weighted by Gasteiger charge is -2.23. The van der Waals surface area contributed by atoms with Gasteiger partial charge in [-0.25, -0.2) is 0 Å². The lowest BCUT2D eigenvalue weighted by molar-refractivity contribution is -0.122. The zero-order chi connectivity index (χ0) is 16.5. The first kappa shape index (κ1) is 14.8. The van der Waals surface area contributed by atoms with Gasteiger partial charge >= 0.3 is 0 Å². The van der Waals surface area contributed by atoms with Crippen LogP contribution in [0.1, 0.15) is 18.1 Å². The number of fused-ring (bicyclic) bond motifs is 2. The smallest absolute Gasteiger partial charge is 0.265 e. The third kappa shape index (κ3) is 2.88. The Kier molecular flexibility index (Phi) is 3.74. The topological polar surface area (TPSA) is 68.8 Å². The second-order valence-electron chi connectivity index (χ2n) is 5.87.